The lowest BCUT2D eigenvalue weighted by Gasteiger charge is -2.35. The van der Waals surface area contributed by atoms with E-state index in [0.717, 1.165) is 16.7 Å². The third kappa shape index (κ3) is 4.67. The predicted molar refractivity (Wildman–Crippen MR) is 123 cm³/mol. The van der Waals surface area contributed by atoms with Crippen LogP contribution in [0.25, 0.3) is 0 Å². The molecule has 0 unspecified atom stereocenters. The molecule has 0 saturated heterocycles. The maximum atomic E-state index is 9.46. The minimum Gasteiger partial charge on any atom is -0.423 e. The molecule has 0 atom stereocenters. The molecule has 0 saturated carbocycles. The fourth-order valence-electron chi connectivity index (χ4n) is 3.89. The molecule has 0 aliphatic heterocycles. The zero-order valence-corrected chi connectivity index (χ0v) is 16.8. The van der Waals surface area contributed by atoms with E-state index >= 15 is 0 Å². The third-order valence-electron chi connectivity index (χ3n) is 5.56. The van der Waals surface area contributed by atoms with E-state index in [4.69, 9.17) is 0 Å². The van der Waals surface area contributed by atoms with Gasteiger partial charge < -0.3 is 30.1 Å². The van der Waals surface area contributed by atoms with Crippen LogP contribution in [0.4, 0.5) is 0 Å². The summed E-state index contributed by atoms with van der Waals surface area (Å²) in [5.41, 5.74) is 2.89. The number of allylic oxidation sites excluding steroid dienone is 1. The molecule has 6 nitrogen and oxygen atoms in total. The summed E-state index contributed by atoms with van der Waals surface area (Å²) >= 11 is 0. The molecule has 0 fully saturated rings. The molecule has 9 heteroatoms. The highest BCUT2D eigenvalue weighted by Gasteiger charge is 2.36. The summed E-state index contributed by atoms with van der Waals surface area (Å²) < 4.78 is 0. The summed E-state index contributed by atoms with van der Waals surface area (Å²) in [6.45, 7) is 3.92. The Balaban J connectivity index is 2.24. The zero-order chi connectivity index (χ0) is 22.6. The van der Waals surface area contributed by atoms with Crippen LogP contribution in [0, 0.1) is 0 Å². The van der Waals surface area contributed by atoms with Gasteiger partial charge in [0.05, 0.1) is 0 Å². The fraction of sp³-hybridized carbons (Fsp3) is 0.0909. The molecule has 0 aliphatic carbocycles. The van der Waals surface area contributed by atoms with Gasteiger partial charge in [-0.1, -0.05) is 78.9 Å². The van der Waals surface area contributed by atoms with Gasteiger partial charge in [0.25, 0.3) is 0 Å². The lowest BCUT2D eigenvalue weighted by Crippen LogP contribution is -2.35. The quantitative estimate of drug-likeness (QED) is 0.153. The Morgan fingerprint density at radius 2 is 0.806 bits per heavy atom. The van der Waals surface area contributed by atoms with Gasteiger partial charge >= 0.3 is 21.4 Å². The van der Waals surface area contributed by atoms with E-state index in [9.17, 15) is 30.1 Å². The molecule has 3 aromatic carbocycles. The maximum absolute atomic E-state index is 9.46. The summed E-state index contributed by atoms with van der Waals surface area (Å²) in [6, 6.07) is 20.7. The normalized spacial score (nSPS) is 11.2. The lowest BCUT2D eigenvalue weighted by molar-refractivity contribution is 0.424. The first-order chi connectivity index (χ1) is 14.8. The molecule has 31 heavy (non-hydrogen) atoms. The number of hydrogen-bond donors (Lipinski definition) is 6. The minimum atomic E-state index is -1.58. The first-order valence-electron chi connectivity index (χ1n) is 9.80. The molecular formula is C22H23B3O6. The smallest absolute Gasteiger partial charge is 0.423 e. The first kappa shape index (κ1) is 23.0. The third-order valence-corrected chi connectivity index (χ3v) is 5.56. The standard InChI is InChI=1S/C22H23B3O6/c1-2-15-22(16-3-9-19(10-4-16)23(26)27,17-5-11-20(12-6-17)24(28)29)18-7-13-21(14-8-18)25(30)31/h2-14,26-31H,1,15H2. The van der Waals surface area contributed by atoms with E-state index < -0.39 is 26.8 Å². The molecule has 0 aromatic heterocycles. The van der Waals surface area contributed by atoms with Crippen LogP contribution in [0.2, 0.25) is 0 Å². The van der Waals surface area contributed by atoms with E-state index in [1.165, 1.54) is 0 Å². The topological polar surface area (TPSA) is 121 Å². The largest absolute Gasteiger partial charge is 0.488 e. The van der Waals surface area contributed by atoms with Gasteiger partial charge in [-0.3, -0.25) is 0 Å². The summed E-state index contributed by atoms with van der Waals surface area (Å²) in [5.74, 6) is 0. The number of benzene rings is 3. The van der Waals surface area contributed by atoms with E-state index in [0.29, 0.717) is 22.8 Å². The van der Waals surface area contributed by atoms with Crippen molar-refractivity contribution in [2.45, 2.75) is 11.8 Å². The molecule has 156 valence electrons. The molecule has 0 radical (unpaired) electrons. The number of hydrogen-bond acceptors (Lipinski definition) is 6. The van der Waals surface area contributed by atoms with E-state index in [1.54, 1.807) is 42.5 Å². The van der Waals surface area contributed by atoms with E-state index in [2.05, 4.69) is 6.58 Å². The van der Waals surface area contributed by atoms with Crippen molar-refractivity contribution < 1.29 is 30.1 Å². The molecule has 0 heterocycles. The van der Waals surface area contributed by atoms with Crippen molar-refractivity contribution in [2.24, 2.45) is 0 Å². The molecule has 0 spiro atoms. The van der Waals surface area contributed by atoms with Crippen molar-refractivity contribution in [2.75, 3.05) is 0 Å². The average molecular weight is 416 g/mol. The van der Waals surface area contributed by atoms with Gasteiger partial charge in [-0.25, -0.2) is 0 Å². The highest BCUT2D eigenvalue weighted by molar-refractivity contribution is 6.59. The summed E-state index contributed by atoms with van der Waals surface area (Å²) in [7, 11) is -4.75. The van der Waals surface area contributed by atoms with Gasteiger partial charge in [0, 0.05) is 5.41 Å². The van der Waals surface area contributed by atoms with Crippen molar-refractivity contribution in [3.8, 4) is 0 Å². The Morgan fingerprint density at radius 1 is 0.548 bits per heavy atom. The minimum absolute atomic E-state index is 0.355. The second kappa shape index (κ2) is 9.66. The molecule has 6 N–H and O–H groups in total. The van der Waals surface area contributed by atoms with Crippen LogP contribution in [-0.4, -0.2) is 51.5 Å². The monoisotopic (exact) mass is 416 g/mol. The average Bonchev–Trinajstić information content (AvgIpc) is 2.78. The first-order valence-corrected chi connectivity index (χ1v) is 9.80. The lowest BCUT2D eigenvalue weighted by atomic mass is 9.65. The van der Waals surface area contributed by atoms with Gasteiger partial charge in [-0.2, -0.15) is 0 Å². The summed E-state index contributed by atoms with van der Waals surface area (Å²) in [4.78, 5) is 0. The van der Waals surface area contributed by atoms with Crippen molar-refractivity contribution in [1.29, 1.82) is 0 Å². The van der Waals surface area contributed by atoms with Crippen LogP contribution in [0.5, 0.6) is 0 Å². The Kier molecular flexibility index (Phi) is 7.17. The van der Waals surface area contributed by atoms with E-state index in [-0.39, 0.29) is 0 Å². The zero-order valence-electron chi connectivity index (χ0n) is 16.8. The molecule has 0 bridgehead atoms. The van der Waals surface area contributed by atoms with Gasteiger partial charge in [-0.15, -0.1) is 6.58 Å². The van der Waals surface area contributed by atoms with Crippen LogP contribution in [0.3, 0.4) is 0 Å². The molecule has 0 aliphatic rings. The molecule has 3 rings (SSSR count). The van der Waals surface area contributed by atoms with Crippen LogP contribution < -0.4 is 16.4 Å². The van der Waals surface area contributed by atoms with Crippen LogP contribution in [0.1, 0.15) is 23.1 Å². The fourth-order valence-corrected chi connectivity index (χ4v) is 3.89. The van der Waals surface area contributed by atoms with Crippen molar-refractivity contribution in [3.63, 3.8) is 0 Å². The second-order valence-electron chi connectivity index (χ2n) is 7.39. The van der Waals surface area contributed by atoms with Crippen molar-refractivity contribution >= 4 is 37.7 Å². The van der Waals surface area contributed by atoms with Gasteiger partial charge in [0.2, 0.25) is 0 Å². The molecular weight excluding hydrogens is 393 g/mol. The maximum Gasteiger partial charge on any atom is 0.488 e. The van der Waals surface area contributed by atoms with Crippen molar-refractivity contribution in [3.05, 3.63) is 102 Å². The van der Waals surface area contributed by atoms with Crippen LogP contribution in [-0.2, 0) is 5.41 Å². The van der Waals surface area contributed by atoms with Gasteiger partial charge in [0.15, 0.2) is 0 Å². The molecule has 3 aromatic rings. The van der Waals surface area contributed by atoms with E-state index in [1.807, 2.05) is 36.4 Å². The Morgan fingerprint density at radius 3 is 1.00 bits per heavy atom. The Bertz CT molecular complexity index is 878. The van der Waals surface area contributed by atoms with Crippen LogP contribution in [0.15, 0.2) is 85.5 Å². The highest BCUT2D eigenvalue weighted by Crippen LogP contribution is 2.42. The van der Waals surface area contributed by atoms with Gasteiger partial charge in [0.1, 0.15) is 0 Å². The summed E-state index contributed by atoms with van der Waals surface area (Å²) in [6.07, 6.45) is 2.26. The summed E-state index contributed by atoms with van der Waals surface area (Å²) in [5, 5.41) is 56.8. The van der Waals surface area contributed by atoms with Gasteiger partial charge in [-0.05, 0) is 39.5 Å². The SMILES string of the molecule is C=CCC(c1ccc(B(O)O)cc1)(c1ccc(B(O)O)cc1)c1ccc(B(O)O)cc1. The second-order valence-corrected chi connectivity index (χ2v) is 7.39. The Labute approximate surface area is 182 Å². The Hall–Kier alpha value is -2.65. The van der Waals surface area contributed by atoms with Crippen molar-refractivity contribution in [1.82, 2.24) is 0 Å². The predicted octanol–water partition coefficient (Wildman–Crippen LogP) is -1.36. The number of rotatable bonds is 8. The highest BCUT2D eigenvalue weighted by atomic mass is 16.4. The molecule has 0 amide bonds. The van der Waals surface area contributed by atoms with Crippen LogP contribution >= 0.6 is 0 Å².